The zero-order valence-electron chi connectivity index (χ0n) is 16.7. The third-order valence-corrected chi connectivity index (χ3v) is 5.88. The van der Waals surface area contributed by atoms with E-state index in [0.717, 1.165) is 44.7 Å². The number of rotatable bonds is 6. The van der Waals surface area contributed by atoms with Crippen molar-refractivity contribution < 1.29 is 9.21 Å². The average molecular weight is 406 g/mol. The lowest BCUT2D eigenvalue weighted by Gasteiger charge is -2.07. The zero-order chi connectivity index (χ0) is 20.4. The molecule has 148 valence electrons. The maximum Gasteiger partial charge on any atom is 0.231 e. The highest BCUT2D eigenvalue weighted by molar-refractivity contribution is 7.10. The second-order valence-electron chi connectivity index (χ2n) is 7.12. The second-order valence-corrected chi connectivity index (χ2v) is 8.06. The number of benzene rings is 1. The summed E-state index contributed by atoms with van der Waals surface area (Å²) in [4.78, 5) is 17.1. The van der Waals surface area contributed by atoms with Crippen molar-refractivity contribution in [2.45, 2.75) is 33.7 Å². The minimum atomic E-state index is -0.0523. The molecule has 29 heavy (non-hydrogen) atoms. The number of aryl methyl sites for hydroxylation is 2. The number of hydrogen-bond donors (Lipinski definition) is 1. The molecule has 0 saturated heterocycles. The van der Waals surface area contributed by atoms with Gasteiger partial charge in [-0.05, 0) is 50.6 Å². The van der Waals surface area contributed by atoms with E-state index >= 15 is 0 Å². The average Bonchev–Trinajstić information content (AvgIpc) is 3.42. The van der Waals surface area contributed by atoms with E-state index in [-0.39, 0.29) is 12.3 Å². The normalized spacial score (nSPS) is 11.0. The van der Waals surface area contributed by atoms with E-state index in [2.05, 4.69) is 29.8 Å². The Morgan fingerprint density at radius 3 is 2.76 bits per heavy atom. The van der Waals surface area contributed by atoms with Crippen molar-refractivity contribution in [2.24, 2.45) is 0 Å². The molecule has 0 unspecified atom stereocenters. The highest BCUT2D eigenvalue weighted by Crippen LogP contribution is 2.29. The molecule has 3 heterocycles. The highest BCUT2D eigenvalue weighted by Gasteiger charge is 2.16. The summed E-state index contributed by atoms with van der Waals surface area (Å²) >= 11 is 1.52. The Labute approximate surface area is 174 Å². The third-order valence-electron chi connectivity index (χ3n) is 5.03. The summed E-state index contributed by atoms with van der Waals surface area (Å²) in [6.07, 6.45) is 1.96. The van der Waals surface area contributed by atoms with E-state index in [0.29, 0.717) is 6.54 Å². The van der Waals surface area contributed by atoms with E-state index in [1.54, 1.807) is 6.26 Å². The molecule has 1 aromatic carbocycles. The van der Waals surface area contributed by atoms with Crippen LogP contribution in [0.5, 0.6) is 0 Å². The zero-order valence-corrected chi connectivity index (χ0v) is 17.5. The Morgan fingerprint density at radius 1 is 1.17 bits per heavy atom. The van der Waals surface area contributed by atoms with Gasteiger partial charge in [-0.25, -0.2) is 4.98 Å². The van der Waals surface area contributed by atoms with Gasteiger partial charge in [-0.2, -0.15) is 0 Å². The van der Waals surface area contributed by atoms with E-state index in [1.165, 1.54) is 11.3 Å². The van der Waals surface area contributed by atoms with Gasteiger partial charge in [-0.15, -0.1) is 11.3 Å². The fourth-order valence-corrected chi connectivity index (χ4v) is 4.22. The van der Waals surface area contributed by atoms with Crippen molar-refractivity contribution >= 4 is 22.9 Å². The molecule has 0 aliphatic rings. The molecule has 5 nitrogen and oxygen atoms in total. The van der Waals surface area contributed by atoms with Crippen LogP contribution in [0.25, 0.3) is 11.3 Å². The first kappa shape index (κ1) is 19.2. The molecule has 4 rings (SSSR count). The SMILES string of the molecule is Cc1ccccc1NC(=O)Cc1nc(-c2cc(C)n(Cc3ccco3)c2C)cs1. The van der Waals surface area contributed by atoms with Gasteiger partial charge in [0.05, 0.1) is 24.9 Å². The molecule has 6 heteroatoms. The predicted molar refractivity (Wildman–Crippen MR) is 116 cm³/mol. The van der Waals surface area contributed by atoms with E-state index in [4.69, 9.17) is 9.40 Å². The lowest BCUT2D eigenvalue weighted by atomic mass is 10.2. The van der Waals surface area contributed by atoms with Crippen molar-refractivity contribution in [1.29, 1.82) is 0 Å². The van der Waals surface area contributed by atoms with Gasteiger partial charge in [0.1, 0.15) is 10.8 Å². The molecule has 3 aromatic heterocycles. The van der Waals surface area contributed by atoms with Gasteiger partial charge in [0, 0.05) is 28.0 Å². The minimum absolute atomic E-state index is 0.0523. The third kappa shape index (κ3) is 4.17. The summed E-state index contributed by atoms with van der Waals surface area (Å²) < 4.78 is 7.71. The number of nitrogens with zero attached hydrogens (tertiary/aromatic N) is 2. The Balaban J connectivity index is 1.49. The van der Waals surface area contributed by atoms with Gasteiger partial charge in [-0.3, -0.25) is 4.79 Å². The maximum absolute atomic E-state index is 12.4. The number of hydrogen-bond acceptors (Lipinski definition) is 4. The number of carbonyl (C=O) groups excluding carboxylic acids is 1. The van der Waals surface area contributed by atoms with Crippen LogP contribution < -0.4 is 5.32 Å². The van der Waals surface area contributed by atoms with Gasteiger partial charge >= 0.3 is 0 Å². The standard InChI is InChI=1S/C23H23N3O2S/c1-15-7-4-5-9-20(15)24-22(27)12-23-25-21(14-29-23)19-11-16(2)26(17(19)3)13-18-8-6-10-28-18/h4-11,14H,12-13H2,1-3H3,(H,24,27). The van der Waals surface area contributed by atoms with Gasteiger partial charge in [0.15, 0.2) is 0 Å². The molecule has 0 saturated carbocycles. The molecule has 0 radical (unpaired) electrons. The van der Waals surface area contributed by atoms with E-state index < -0.39 is 0 Å². The Hall–Kier alpha value is -3.12. The predicted octanol–water partition coefficient (Wildman–Crippen LogP) is 5.36. The van der Waals surface area contributed by atoms with Gasteiger partial charge in [0.2, 0.25) is 5.91 Å². The number of nitrogens with one attached hydrogen (secondary N) is 1. The molecule has 1 N–H and O–H groups in total. The fourth-order valence-electron chi connectivity index (χ4n) is 3.42. The van der Waals surface area contributed by atoms with Crippen LogP contribution in [0.1, 0.15) is 27.7 Å². The fraction of sp³-hybridized carbons (Fsp3) is 0.217. The topological polar surface area (TPSA) is 60.1 Å². The maximum atomic E-state index is 12.4. The van der Waals surface area contributed by atoms with Crippen molar-refractivity contribution in [1.82, 2.24) is 9.55 Å². The first-order valence-corrected chi connectivity index (χ1v) is 10.4. The van der Waals surface area contributed by atoms with Crippen LogP contribution in [0.4, 0.5) is 5.69 Å². The van der Waals surface area contributed by atoms with E-state index in [9.17, 15) is 4.79 Å². The molecular weight excluding hydrogens is 382 g/mol. The van der Waals surface area contributed by atoms with Crippen molar-refractivity contribution in [3.63, 3.8) is 0 Å². The molecule has 0 aliphatic carbocycles. The summed E-state index contributed by atoms with van der Waals surface area (Å²) in [6, 6.07) is 13.8. The van der Waals surface area contributed by atoms with Crippen LogP contribution in [0, 0.1) is 20.8 Å². The molecular formula is C23H23N3O2S. The summed E-state index contributed by atoms with van der Waals surface area (Å²) in [5.74, 6) is 0.869. The molecule has 0 atom stereocenters. The highest BCUT2D eigenvalue weighted by atomic mass is 32.1. The van der Waals surface area contributed by atoms with Crippen LogP contribution in [-0.2, 0) is 17.8 Å². The van der Waals surface area contributed by atoms with Crippen molar-refractivity contribution in [2.75, 3.05) is 5.32 Å². The molecule has 4 aromatic rings. The second kappa shape index (κ2) is 8.09. The molecule has 0 aliphatic heterocycles. The molecule has 0 bridgehead atoms. The minimum Gasteiger partial charge on any atom is -0.467 e. The smallest absolute Gasteiger partial charge is 0.231 e. The largest absolute Gasteiger partial charge is 0.467 e. The monoisotopic (exact) mass is 405 g/mol. The van der Waals surface area contributed by atoms with Crippen LogP contribution in [0.2, 0.25) is 0 Å². The lowest BCUT2D eigenvalue weighted by Crippen LogP contribution is -2.14. The number of para-hydroxylation sites is 1. The summed E-state index contributed by atoms with van der Waals surface area (Å²) in [5.41, 5.74) is 6.18. The van der Waals surface area contributed by atoms with Crippen molar-refractivity contribution in [3.8, 4) is 11.3 Å². The van der Waals surface area contributed by atoms with Crippen LogP contribution in [0.3, 0.4) is 0 Å². The lowest BCUT2D eigenvalue weighted by molar-refractivity contribution is -0.115. The number of carbonyl (C=O) groups is 1. The van der Waals surface area contributed by atoms with Gasteiger partial charge < -0.3 is 14.3 Å². The number of thiazole rings is 1. The van der Waals surface area contributed by atoms with Gasteiger partial charge in [-0.1, -0.05) is 18.2 Å². The first-order chi connectivity index (χ1) is 14.0. The van der Waals surface area contributed by atoms with Crippen molar-refractivity contribution in [3.05, 3.63) is 81.8 Å². The number of anilines is 1. The van der Waals surface area contributed by atoms with Crippen LogP contribution in [0.15, 0.2) is 58.5 Å². The molecule has 1 amide bonds. The summed E-state index contributed by atoms with van der Waals surface area (Å²) in [5, 5.41) is 5.80. The molecule has 0 fully saturated rings. The number of amides is 1. The Bertz CT molecular complexity index is 1140. The summed E-state index contributed by atoms with van der Waals surface area (Å²) in [7, 11) is 0. The van der Waals surface area contributed by atoms with Gasteiger partial charge in [0.25, 0.3) is 0 Å². The Morgan fingerprint density at radius 2 is 2.00 bits per heavy atom. The summed E-state index contributed by atoms with van der Waals surface area (Å²) in [6.45, 7) is 6.85. The van der Waals surface area contributed by atoms with Crippen LogP contribution >= 0.6 is 11.3 Å². The first-order valence-electron chi connectivity index (χ1n) is 9.50. The number of furan rings is 1. The quantitative estimate of drug-likeness (QED) is 0.470. The Kier molecular flexibility index (Phi) is 5.36. The molecule has 0 spiro atoms. The van der Waals surface area contributed by atoms with E-state index in [1.807, 2.05) is 48.7 Å². The van der Waals surface area contributed by atoms with Crippen LogP contribution in [-0.4, -0.2) is 15.5 Å². The number of aromatic nitrogens is 2.